The molecule has 108 valence electrons. The van der Waals surface area contributed by atoms with E-state index >= 15 is 0 Å². The molecule has 0 saturated carbocycles. The van der Waals surface area contributed by atoms with Gasteiger partial charge in [-0.1, -0.05) is 6.92 Å². The number of carboxylic acid groups (broad SMARTS) is 1. The van der Waals surface area contributed by atoms with Crippen LogP contribution in [0.2, 0.25) is 0 Å². The maximum atomic E-state index is 11.6. The molecule has 0 aromatic carbocycles. The van der Waals surface area contributed by atoms with Gasteiger partial charge >= 0.3 is 11.9 Å². The van der Waals surface area contributed by atoms with Crippen molar-refractivity contribution in [2.75, 3.05) is 18.6 Å². The van der Waals surface area contributed by atoms with E-state index in [0.717, 1.165) is 6.42 Å². The molecule has 1 unspecified atom stereocenters. The van der Waals surface area contributed by atoms with E-state index in [9.17, 15) is 14.7 Å². The Morgan fingerprint density at radius 1 is 1.45 bits per heavy atom. The number of anilines is 1. The second-order valence-electron chi connectivity index (χ2n) is 4.71. The highest BCUT2D eigenvalue weighted by atomic mass is 16.5. The van der Waals surface area contributed by atoms with E-state index in [4.69, 9.17) is 0 Å². The zero-order valence-electron chi connectivity index (χ0n) is 11.5. The molecular weight excluding hydrogens is 262 g/mol. The summed E-state index contributed by atoms with van der Waals surface area (Å²) in [5, 5.41) is 17.3. The second kappa shape index (κ2) is 5.44. The summed E-state index contributed by atoms with van der Waals surface area (Å²) in [5.74, 6) is -0.943. The van der Waals surface area contributed by atoms with Gasteiger partial charge in [0.05, 0.1) is 7.11 Å². The summed E-state index contributed by atoms with van der Waals surface area (Å²) >= 11 is 0. The largest absolute Gasteiger partial charge is 0.479 e. The zero-order chi connectivity index (χ0) is 14.8. The topological polar surface area (TPSA) is 92.6 Å². The van der Waals surface area contributed by atoms with Crippen molar-refractivity contribution in [3.63, 3.8) is 0 Å². The van der Waals surface area contributed by atoms with E-state index in [2.05, 4.69) is 14.9 Å². The first-order valence-corrected chi connectivity index (χ1v) is 6.48. The van der Waals surface area contributed by atoms with E-state index in [-0.39, 0.29) is 5.69 Å². The highest BCUT2D eigenvalue weighted by Crippen LogP contribution is 2.35. The molecule has 0 spiro atoms. The SMILES string of the molecule is CCC1(C(=O)O)CCCN1c1ccc(C(=O)OC)nn1. The first-order chi connectivity index (χ1) is 9.55. The normalized spacial score (nSPS) is 21.8. The van der Waals surface area contributed by atoms with Crippen molar-refractivity contribution in [1.29, 1.82) is 0 Å². The molecule has 7 heteroatoms. The van der Waals surface area contributed by atoms with Gasteiger partial charge in [-0.15, -0.1) is 10.2 Å². The molecule has 20 heavy (non-hydrogen) atoms. The van der Waals surface area contributed by atoms with Crippen LogP contribution in [-0.4, -0.2) is 46.4 Å². The van der Waals surface area contributed by atoms with Crippen molar-refractivity contribution < 1.29 is 19.4 Å². The van der Waals surface area contributed by atoms with Crippen molar-refractivity contribution in [1.82, 2.24) is 10.2 Å². The molecule has 0 bridgehead atoms. The predicted molar refractivity (Wildman–Crippen MR) is 70.6 cm³/mol. The van der Waals surface area contributed by atoms with Gasteiger partial charge < -0.3 is 14.7 Å². The van der Waals surface area contributed by atoms with Crippen LogP contribution < -0.4 is 4.90 Å². The first kappa shape index (κ1) is 14.2. The van der Waals surface area contributed by atoms with Crippen LogP contribution in [0.1, 0.15) is 36.7 Å². The average molecular weight is 279 g/mol. The Bertz CT molecular complexity index is 517. The summed E-state index contributed by atoms with van der Waals surface area (Å²) in [6, 6.07) is 3.10. The van der Waals surface area contributed by atoms with Crippen LogP contribution in [0.3, 0.4) is 0 Å². The average Bonchev–Trinajstić information content (AvgIpc) is 2.91. The van der Waals surface area contributed by atoms with Crippen LogP contribution in [0.4, 0.5) is 5.82 Å². The van der Waals surface area contributed by atoms with Crippen molar-refractivity contribution in [2.24, 2.45) is 0 Å². The van der Waals surface area contributed by atoms with Gasteiger partial charge in [-0.25, -0.2) is 9.59 Å². The molecule has 0 amide bonds. The van der Waals surface area contributed by atoms with Crippen LogP contribution in [0.5, 0.6) is 0 Å². The second-order valence-corrected chi connectivity index (χ2v) is 4.71. The molecule has 1 N–H and O–H groups in total. The lowest BCUT2D eigenvalue weighted by atomic mass is 9.93. The first-order valence-electron chi connectivity index (χ1n) is 6.48. The number of ether oxygens (including phenoxy) is 1. The van der Waals surface area contributed by atoms with Gasteiger partial charge in [-0.2, -0.15) is 0 Å². The number of carbonyl (C=O) groups is 2. The number of aliphatic carboxylic acids is 1. The minimum absolute atomic E-state index is 0.105. The fraction of sp³-hybridized carbons (Fsp3) is 0.538. The quantitative estimate of drug-likeness (QED) is 0.825. The third kappa shape index (κ3) is 2.19. The fourth-order valence-corrected chi connectivity index (χ4v) is 2.64. The summed E-state index contributed by atoms with van der Waals surface area (Å²) in [6.45, 7) is 2.47. The zero-order valence-corrected chi connectivity index (χ0v) is 11.5. The summed E-state index contributed by atoms with van der Waals surface area (Å²) in [4.78, 5) is 24.7. The lowest BCUT2D eigenvalue weighted by Crippen LogP contribution is -2.50. The van der Waals surface area contributed by atoms with Crippen molar-refractivity contribution in [3.8, 4) is 0 Å². The molecule has 0 aliphatic carbocycles. The van der Waals surface area contributed by atoms with E-state index < -0.39 is 17.5 Å². The number of methoxy groups -OCH3 is 1. The van der Waals surface area contributed by atoms with Gasteiger partial charge in [0, 0.05) is 6.54 Å². The smallest absolute Gasteiger partial charge is 0.358 e. The molecule has 2 rings (SSSR count). The molecule has 1 saturated heterocycles. The number of nitrogens with zero attached hydrogens (tertiary/aromatic N) is 3. The lowest BCUT2D eigenvalue weighted by Gasteiger charge is -2.34. The molecule has 1 aromatic rings. The summed E-state index contributed by atoms with van der Waals surface area (Å²) in [7, 11) is 1.27. The lowest BCUT2D eigenvalue weighted by molar-refractivity contribution is -0.143. The summed E-state index contributed by atoms with van der Waals surface area (Å²) in [5.41, 5.74) is -0.825. The maximum absolute atomic E-state index is 11.6. The molecule has 2 heterocycles. The Morgan fingerprint density at radius 3 is 2.70 bits per heavy atom. The molecule has 1 aliphatic rings. The summed E-state index contributed by atoms with van der Waals surface area (Å²) in [6.07, 6.45) is 1.86. The van der Waals surface area contributed by atoms with Crippen LogP contribution in [0, 0.1) is 0 Å². The Balaban J connectivity index is 2.31. The number of carbonyl (C=O) groups excluding carboxylic acids is 1. The van der Waals surface area contributed by atoms with E-state index in [0.29, 0.717) is 25.2 Å². The van der Waals surface area contributed by atoms with Crippen molar-refractivity contribution >= 4 is 17.8 Å². The molecule has 1 aromatic heterocycles. The van der Waals surface area contributed by atoms with Crippen molar-refractivity contribution in [2.45, 2.75) is 31.7 Å². The molecule has 1 aliphatic heterocycles. The Morgan fingerprint density at radius 2 is 2.20 bits per heavy atom. The van der Waals surface area contributed by atoms with E-state index in [1.165, 1.54) is 13.2 Å². The number of aromatic nitrogens is 2. The number of hydrogen-bond donors (Lipinski definition) is 1. The van der Waals surface area contributed by atoms with E-state index in [1.54, 1.807) is 11.0 Å². The van der Waals surface area contributed by atoms with E-state index in [1.807, 2.05) is 6.92 Å². The predicted octanol–water partition coefficient (Wildman–Crippen LogP) is 1.10. The van der Waals surface area contributed by atoms with Crippen LogP contribution in [-0.2, 0) is 9.53 Å². The molecule has 0 radical (unpaired) electrons. The third-order valence-corrected chi connectivity index (χ3v) is 3.79. The standard InChI is InChI=1S/C13H17N3O4/c1-3-13(12(18)19)7-4-8-16(13)10-6-5-9(14-15-10)11(17)20-2/h5-6H,3-4,7-8H2,1-2H3,(H,18,19). The molecule has 7 nitrogen and oxygen atoms in total. The van der Waals surface area contributed by atoms with Crippen LogP contribution >= 0.6 is 0 Å². The van der Waals surface area contributed by atoms with Gasteiger partial charge in [0.1, 0.15) is 5.54 Å². The molecular formula is C13H17N3O4. The summed E-state index contributed by atoms with van der Waals surface area (Å²) < 4.78 is 4.55. The fourth-order valence-electron chi connectivity index (χ4n) is 2.64. The number of rotatable bonds is 4. The highest BCUT2D eigenvalue weighted by molar-refractivity contribution is 5.87. The number of esters is 1. The van der Waals surface area contributed by atoms with Gasteiger partial charge in [0.25, 0.3) is 0 Å². The van der Waals surface area contributed by atoms with Gasteiger partial charge in [-0.3, -0.25) is 0 Å². The van der Waals surface area contributed by atoms with Gasteiger partial charge in [-0.05, 0) is 31.4 Å². The minimum atomic E-state index is -0.929. The van der Waals surface area contributed by atoms with Gasteiger partial charge in [0.2, 0.25) is 0 Å². The number of hydrogen-bond acceptors (Lipinski definition) is 6. The third-order valence-electron chi connectivity index (χ3n) is 3.79. The monoisotopic (exact) mass is 279 g/mol. The highest BCUT2D eigenvalue weighted by Gasteiger charge is 2.47. The van der Waals surface area contributed by atoms with Crippen molar-refractivity contribution in [3.05, 3.63) is 17.8 Å². The molecule has 1 atom stereocenters. The minimum Gasteiger partial charge on any atom is -0.479 e. The Labute approximate surface area is 116 Å². The number of carboxylic acids is 1. The maximum Gasteiger partial charge on any atom is 0.358 e. The van der Waals surface area contributed by atoms with Crippen LogP contribution in [0.25, 0.3) is 0 Å². The Kier molecular flexibility index (Phi) is 3.87. The van der Waals surface area contributed by atoms with Gasteiger partial charge in [0.15, 0.2) is 11.5 Å². The van der Waals surface area contributed by atoms with Crippen LogP contribution in [0.15, 0.2) is 12.1 Å². The molecule has 1 fully saturated rings. The Hall–Kier alpha value is -2.18.